The van der Waals surface area contributed by atoms with Gasteiger partial charge in [-0.2, -0.15) is 0 Å². The van der Waals surface area contributed by atoms with Crippen LogP contribution in [0.1, 0.15) is 11.1 Å². The van der Waals surface area contributed by atoms with Gasteiger partial charge in [-0.05, 0) is 11.1 Å². The van der Waals surface area contributed by atoms with Gasteiger partial charge in [-0.3, -0.25) is 9.59 Å². The van der Waals surface area contributed by atoms with Crippen molar-refractivity contribution in [2.45, 2.75) is 13.0 Å². The average molecular weight is 297 g/mol. The molecule has 1 amide bonds. The van der Waals surface area contributed by atoms with Crippen LogP contribution < -0.4 is 0 Å². The van der Waals surface area contributed by atoms with Gasteiger partial charge in [-0.25, -0.2) is 0 Å². The minimum Gasteiger partial charge on any atom is -0.455 e. The molecule has 4 nitrogen and oxygen atoms in total. The van der Waals surface area contributed by atoms with Gasteiger partial charge in [0.2, 0.25) is 0 Å². The molecule has 114 valence electrons. The molecule has 0 atom stereocenters. The number of hydrogen-bond donors (Lipinski definition) is 0. The van der Waals surface area contributed by atoms with Crippen LogP contribution in [0, 0.1) is 0 Å². The van der Waals surface area contributed by atoms with Crippen molar-refractivity contribution in [1.29, 1.82) is 0 Å². The Morgan fingerprint density at radius 2 is 1.45 bits per heavy atom. The number of carbonyl (C=O) groups is 2. The maximum absolute atomic E-state index is 12.0. The summed E-state index contributed by atoms with van der Waals surface area (Å²) >= 11 is 0. The number of hydrogen-bond acceptors (Lipinski definition) is 3. The van der Waals surface area contributed by atoms with Gasteiger partial charge in [0.15, 0.2) is 6.61 Å². The minimum atomic E-state index is -0.396. The average Bonchev–Trinajstić information content (AvgIpc) is 2.54. The normalized spacial score (nSPS) is 10.0. The monoisotopic (exact) mass is 297 g/mol. The van der Waals surface area contributed by atoms with E-state index in [1.807, 2.05) is 60.7 Å². The predicted octanol–water partition coefficient (Wildman–Crippen LogP) is 2.43. The van der Waals surface area contributed by atoms with Crippen LogP contribution in [-0.4, -0.2) is 30.4 Å². The molecule has 0 aliphatic heterocycles. The molecule has 0 aliphatic rings. The van der Waals surface area contributed by atoms with Crippen molar-refractivity contribution in [1.82, 2.24) is 4.90 Å². The fraction of sp³-hybridized carbons (Fsp3) is 0.222. The van der Waals surface area contributed by atoms with E-state index in [9.17, 15) is 9.59 Å². The van der Waals surface area contributed by atoms with Crippen LogP contribution in [0.2, 0.25) is 0 Å². The Hall–Kier alpha value is -2.62. The van der Waals surface area contributed by atoms with Gasteiger partial charge in [0.1, 0.15) is 0 Å². The van der Waals surface area contributed by atoms with Gasteiger partial charge in [0.25, 0.3) is 5.91 Å². The molecule has 22 heavy (non-hydrogen) atoms. The lowest BCUT2D eigenvalue weighted by atomic mass is 10.2. The van der Waals surface area contributed by atoms with Gasteiger partial charge >= 0.3 is 5.97 Å². The van der Waals surface area contributed by atoms with E-state index in [2.05, 4.69) is 0 Å². The third-order valence-corrected chi connectivity index (χ3v) is 3.24. The number of ether oxygens (including phenoxy) is 1. The highest BCUT2D eigenvalue weighted by molar-refractivity contribution is 5.81. The fourth-order valence-corrected chi connectivity index (χ4v) is 2.01. The van der Waals surface area contributed by atoms with E-state index in [0.717, 1.165) is 11.1 Å². The number of carbonyl (C=O) groups excluding carboxylic acids is 2. The van der Waals surface area contributed by atoms with E-state index in [4.69, 9.17) is 4.74 Å². The largest absolute Gasteiger partial charge is 0.455 e. The SMILES string of the molecule is CN(Cc1ccccc1)C(=O)COC(=O)Cc1ccccc1. The van der Waals surface area contributed by atoms with Gasteiger partial charge < -0.3 is 9.64 Å². The first kappa shape index (κ1) is 15.8. The first-order valence-corrected chi connectivity index (χ1v) is 7.12. The van der Waals surface area contributed by atoms with Gasteiger partial charge in [0.05, 0.1) is 6.42 Å². The minimum absolute atomic E-state index is 0.177. The molecule has 0 radical (unpaired) electrons. The topological polar surface area (TPSA) is 46.6 Å². The Kier molecular flexibility index (Phi) is 5.72. The summed E-state index contributed by atoms with van der Waals surface area (Å²) in [6.07, 6.45) is 0.177. The highest BCUT2D eigenvalue weighted by Gasteiger charge is 2.12. The van der Waals surface area contributed by atoms with Crippen molar-refractivity contribution in [2.24, 2.45) is 0 Å². The first-order valence-electron chi connectivity index (χ1n) is 7.12. The van der Waals surface area contributed by atoms with Crippen LogP contribution in [0.5, 0.6) is 0 Å². The van der Waals surface area contributed by atoms with Crippen molar-refractivity contribution >= 4 is 11.9 Å². The number of amides is 1. The summed E-state index contributed by atoms with van der Waals surface area (Å²) in [6.45, 7) is 0.269. The molecular formula is C18H19NO3. The van der Waals surface area contributed by atoms with Crippen molar-refractivity contribution in [3.05, 3.63) is 71.8 Å². The molecule has 0 spiro atoms. The summed E-state index contributed by atoms with van der Waals surface area (Å²) in [5.74, 6) is -0.613. The maximum Gasteiger partial charge on any atom is 0.310 e. The summed E-state index contributed by atoms with van der Waals surface area (Å²) in [4.78, 5) is 25.2. The lowest BCUT2D eigenvalue weighted by molar-refractivity contribution is -0.151. The van der Waals surface area contributed by atoms with Crippen LogP contribution in [0.3, 0.4) is 0 Å². The number of nitrogens with zero attached hydrogens (tertiary/aromatic N) is 1. The summed E-state index contributed by atoms with van der Waals surface area (Å²) in [5, 5.41) is 0. The number of benzene rings is 2. The molecule has 0 N–H and O–H groups in total. The van der Waals surface area contributed by atoms with E-state index >= 15 is 0 Å². The fourth-order valence-electron chi connectivity index (χ4n) is 2.01. The Morgan fingerprint density at radius 3 is 2.05 bits per heavy atom. The Bertz CT molecular complexity index is 611. The molecule has 0 saturated heterocycles. The number of esters is 1. The maximum atomic E-state index is 12.0. The van der Waals surface area contributed by atoms with E-state index < -0.39 is 5.97 Å². The van der Waals surface area contributed by atoms with Gasteiger partial charge in [-0.1, -0.05) is 60.7 Å². The lowest BCUT2D eigenvalue weighted by Gasteiger charge is -2.17. The van der Waals surface area contributed by atoms with Crippen molar-refractivity contribution < 1.29 is 14.3 Å². The number of rotatable bonds is 6. The van der Waals surface area contributed by atoms with Crippen LogP contribution in [0.4, 0.5) is 0 Å². The molecule has 0 aliphatic carbocycles. The summed E-state index contributed by atoms with van der Waals surface area (Å²) in [7, 11) is 1.69. The highest BCUT2D eigenvalue weighted by atomic mass is 16.5. The molecular weight excluding hydrogens is 278 g/mol. The summed E-state index contributed by atoms with van der Waals surface area (Å²) in [5.41, 5.74) is 1.91. The Morgan fingerprint density at radius 1 is 0.909 bits per heavy atom. The van der Waals surface area contributed by atoms with E-state index in [0.29, 0.717) is 6.54 Å². The molecule has 2 rings (SSSR count). The van der Waals surface area contributed by atoms with Crippen LogP contribution in [0.25, 0.3) is 0 Å². The predicted molar refractivity (Wildman–Crippen MR) is 84.0 cm³/mol. The van der Waals surface area contributed by atoms with Crippen molar-refractivity contribution in [2.75, 3.05) is 13.7 Å². The zero-order chi connectivity index (χ0) is 15.8. The lowest BCUT2D eigenvalue weighted by Crippen LogP contribution is -2.31. The summed E-state index contributed by atoms with van der Waals surface area (Å²) in [6, 6.07) is 19.0. The quantitative estimate of drug-likeness (QED) is 0.769. The third kappa shape index (κ3) is 5.05. The molecule has 2 aromatic carbocycles. The van der Waals surface area contributed by atoms with E-state index in [-0.39, 0.29) is 18.9 Å². The van der Waals surface area contributed by atoms with Crippen LogP contribution in [0.15, 0.2) is 60.7 Å². The molecule has 4 heteroatoms. The molecule has 0 bridgehead atoms. The second-order valence-electron chi connectivity index (χ2n) is 5.06. The van der Waals surface area contributed by atoms with E-state index in [1.54, 1.807) is 11.9 Å². The van der Waals surface area contributed by atoms with Gasteiger partial charge in [-0.15, -0.1) is 0 Å². The van der Waals surface area contributed by atoms with Crippen LogP contribution in [-0.2, 0) is 27.3 Å². The number of likely N-dealkylation sites (N-methyl/N-ethyl adjacent to an activating group) is 1. The van der Waals surface area contributed by atoms with Gasteiger partial charge in [0, 0.05) is 13.6 Å². The zero-order valence-corrected chi connectivity index (χ0v) is 12.6. The Labute approximate surface area is 130 Å². The third-order valence-electron chi connectivity index (χ3n) is 3.24. The molecule has 0 heterocycles. The zero-order valence-electron chi connectivity index (χ0n) is 12.6. The second kappa shape index (κ2) is 7.98. The van der Waals surface area contributed by atoms with Crippen molar-refractivity contribution in [3.8, 4) is 0 Å². The molecule has 0 aromatic heterocycles. The molecule has 0 fully saturated rings. The smallest absolute Gasteiger partial charge is 0.310 e. The highest BCUT2D eigenvalue weighted by Crippen LogP contribution is 2.04. The van der Waals surface area contributed by atoms with E-state index in [1.165, 1.54) is 0 Å². The molecule has 0 unspecified atom stereocenters. The molecule has 0 saturated carbocycles. The second-order valence-corrected chi connectivity index (χ2v) is 5.06. The summed E-state index contributed by atoms with van der Waals surface area (Å²) < 4.78 is 5.04. The Balaban J connectivity index is 1.76. The van der Waals surface area contributed by atoms with Crippen molar-refractivity contribution in [3.63, 3.8) is 0 Å². The first-order chi connectivity index (χ1) is 10.6. The standard InChI is InChI=1S/C18H19NO3/c1-19(13-16-10-6-3-7-11-16)17(20)14-22-18(21)12-15-8-4-2-5-9-15/h2-11H,12-14H2,1H3. The van der Waals surface area contributed by atoms with Crippen LogP contribution >= 0.6 is 0 Å². The molecule has 2 aromatic rings.